The fourth-order valence-corrected chi connectivity index (χ4v) is 3.95. The Morgan fingerprint density at radius 1 is 1.09 bits per heavy atom. The van der Waals surface area contributed by atoms with Crippen molar-refractivity contribution in [1.29, 1.82) is 0 Å². The normalized spacial score (nSPS) is 13.0. The molecule has 1 aromatic heterocycles. The van der Waals surface area contributed by atoms with E-state index in [1.165, 1.54) is 0 Å². The van der Waals surface area contributed by atoms with Crippen LogP contribution in [0.4, 0.5) is 4.79 Å². The lowest BCUT2D eigenvalue weighted by Crippen LogP contribution is -2.40. The third-order valence-corrected chi connectivity index (χ3v) is 5.60. The molecule has 1 atom stereocenters. The largest absolute Gasteiger partial charge is 0.480 e. The fraction of sp³-hybridized carbons (Fsp3) is 0.250. The van der Waals surface area contributed by atoms with E-state index < -0.39 is 24.0 Å². The number of nitrogens with one attached hydrogen (secondary N) is 2. The fourth-order valence-electron chi connectivity index (χ4n) is 3.95. The third kappa shape index (κ3) is 4.57. The summed E-state index contributed by atoms with van der Waals surface area (Å²) in [5, 5.41) is 14.0. The zero-order chi connectivity index (χ0) is 23.4. The molecule has 3 aromatic rings. The standard InChI is InChI=1S/C24H23N3O6/c1-2-19(23(29)30)27-22(28)21-20(33-13-26-21)11-25-24(31)32-12-18-16-9-5-3-7-14(16)15-8-4-6-10-17(15)18/h3-10,13,18-19H,2,11-12H2,1H3,(H,25,31)(H,27,28)(H,29,30)/t19-/m0/s1. The zero-order valence-corrected chi connectivity index (χ0v) is 17.9. The molecule has 33 heavy (non-hydrogen) atoms. The molecule has 2 aromatic carbocycles. The topological polar surface area (TPSA) is 131 Å². The predicted octanol–water partition coefficient (Wildman–Crippen LogP) is 3.31. The summed E-state index contributed by atoms with van der Waals surface area (Å²) < 4.78 is 10.7. The van der Waals surface area contributed by atoms with Gasteiger partial charge in [-0.25, -0.2) is 14.6 Å². The van der Waals surface area contributed by atoms with Gasteiger partial charge in [0.2, 0.25) is 0 Å². The maximum Gasteiger partial charge on any atom is 0.407 e. The lowest BCUT2D eigenvalue weighted by molar-refractivity contribution is -0.139. The van der Waals surface area contributed by atoms with Crippen molar-refractivity contribution in [2.75, 3.05) is 6.61 Å². The van der Waals surface area contributed by atoms with Crippen LogP contribution < -0.4 is 10.6 Å². The molecule has 0 bridgehead atoms. The number of oxazole rings is 1. The van der Waals surface area contributed by atoms with E-state index >= 15 is 0 Å². The van der Waals surface area contributed by atoms with Crippen molar-refractivity contribution < 1.29 is 28.6 Å². The Bertz CT molecular complexity index is 1140. The molecule has 4 rings (SSSR count). The smallest absolute Gasteiger partial charge is 0.407 e. The van der Waals surface area contributed by atoms with Gasteiger partial charge < -0.3 is 24.9 Å². The molecule has 2 amide bonds. The number of nitrogens with zero attached hydrogens (tertiary/aromatic N) is 1. The first-order chi connectivity index (χ1) is 16.0. The summed E-state index contributed by atoms with van der Waals surface area (Å²) in [7, 11) is 0. The van der Waals surface area contributed by atoms with Crippen molar-refractivity contribution in [3.05, 3.63) is 77.5 Å². The van der Waals surface area contributed by atoms with Gasteiger partial charge in [0.1, 0.15) is 12.6 Å². The summed E-state index contributed by atoms with van der Waals surface area (Å²) in [6, 6.07) is 15.0. The minimum atomic E-state index is -1.15. The first kappa shape index (κ1) is 22.1. The molecule has 1 heterocycles. The molecule has 3 N–H and O–H groups in total. The van der Waals surface area contributed by atoms with Gasteiger partial charge in [0.05, 0.1) is 6.54 Å². The molecule has 1 aliphatic rings. The Morgan fingerprint density at radius 3 is 2.33 bits per heavy atom. The monoisotopic (exact) mass is 449 g/mol. The van der Waals surface area contributed by atoms with E-state index in [-0.39, 0.29) is 36.9 Å². The van der Waals surface area contributed by atoms with Crippen molar-refractivity contribution in [3.63, 3.8) is 0 Å². The van der Waals surface area contributed by atoms with Crippen LogP contribution in [0.3, 0.4) is 0 Å². The highest BCUT2D eigenvalue weighted by Gasteiger charge is 2.29. The number of carboxylic acid groups (broad SMARTS) is 1. The molecule has 0 saturated heterocycles. The van der Waals surface area contributed by atoms with Gasteiger partial charge in [-0.1, -0.05) is 55.5 Å². The first-order valence-electron chi connectivity index (χ1n) is 10.5. The number of hydrogen-bond donors (Lipinski definition) is 3. The summed E-state index contributed by atoms with van der Waals surface area (Å²) in [6.45, 7) is 1.66. The van der Waals surface area contributed by atoms with Gasteiger partial charge in [-0.15, -0.1) is 0 Å². The SMILES string of the molecule is CC[C@H](NC(=O)c1ncoc1CNC(=O)OCC1c2ccccc2-c2ccccc21)C(=O)O. The number of aromatic nitrogens is 1. The Morgan fingerprint density at radius 2 is 1.73 bits per heavy atom. The van der Waals surface area contributed by atoms with E-state index in [0.717, 1.165) is 28.6 Å². The van der Waals surface area contributed by atoms with E-state index in [1.54, 1.807) is 6.92 Å². The van der Waals surface area contributed by atoms with Gasteiger partial charge in [-0.2, -0.15) is 0 Å². The number of aliphatic carboxylic acids is 1. The van der Waals surface area contributed by atoms with Gasteiger partial charge in [0.25, 0.3) is 5.91 Å². The summed E-state index contributed by atoms with van der Waals surface area (Å²) in [6.07, 6.45) is 0.606. The van der Waals surface area contributed by atoms with Crippen molar-refractivity contribution >= 4 is 18.0 Å². The van der Waals surface area contributed by atoms with Gasteiger partial charge in [-0.05, 0) is 28.7 Å². The van der Waals surface area contributed by atoms with Crippen LogP contribution in [0.15, 0.2) is 59.3 Å². The second-order valence-electron chi connectivity index (χ2n) is 7.58. The van der Waals surface area contributed by atoms with Crippen LogP contribution in [0.1, 0.15) is 46.6 Å². The third-order valence-electron chi connectivity index (χ3n) is 5.60. The molecular weight excluding hydrogens is 426 g/mol. The van der Waals surface area contributed by atoms with Crippen molar-refractivity contribution in [2.24, 2.45) is 0 Å². The van der Waals surface area contributed by atoms with Crippen LogP contribution in [0.2, 0.25) is 0 Å². The van der Waals surface area contributed by atoms with Crippen LogP contribution in [0, 0.1) is 0 Å². The van der Waals surface area contributed by atoms with Crippen molar-refractivity contribution in [2.45, 2.75) is 31.8 Å². The highest BCUT2D eigenvalue weighted by Crippen LogP contribution is 2.44. The first-order valence-corrected chi connectivity index (χ1v) is 10.5. The minimum Gasteiger partial charge on any atom is -0.480 e. The van der Waals surface area contributed by atoms with E-state index in [0.29, 0.717) is 0 Å². The van der Waals surface area contributed by atoms with E-state index in [2.05, 4.69) is 27.8 Å². The maximum absolute atomic E-state index is 12.3. The average molecular weight is 449 g/mol. The number of rotatable bonds is 8. The Balaban J connectivity index is 1.36. The van der Waals surface area contributed by atoms with Crippen LogP contribution in [-0.4, -0.2) is 40.7 Å². The van der Waals surface area contributed by atoms with Crippen molar-refractivity contribution in [1.82, 2.24) is 15.6 Å². The molecule has 1 aliphatic carbocycles. The molecule has 0 aliphatic heterocycles. The number of fused-ring (bicyclic) bond motifs is 3. The van der Waals surface area contributed by atoms with Gasteiger partial charge in [0.15, 0.2) is 17.8 Å². The summed E-state index contributed by atoms with van der Waals surface area (Å²) in [5.41, 5.74) is 4.38. The summed E-state index contributed by atoms with van der Waals surface area (Å²) in [4.78, 5) is 39.7. The Kier molecular flexibility index (Phi) is 6.39. The molecule has 9 nitrogen and oxygen atoms in total. The number of carbonyl (C=O) groups is 3. The minimum absolute atomic E-state index is 0.0724. The molecule has 0 saturated carbocycles. The van der Waals surface area contributed by atoms with Gasteiger partial charge in [0, 0.05) is 5.92 Å². The van der Waals surface area contributed by atoms with E-state index in [4.69, 9.17) is 14.3 Å². The zero-order valence-electron chi connectivity index (χ0n) is 17.9. The van der Waals surface area contributed by atoms with E-state index in [9.17, 15) is 14.4 Å². The Hall–Kier alpha value is -4.14. The average Bonchev–Trinajstić information content (AvgIpc) is 3.42. The molecule has 0 radical (unpaired) electrons. The predicted molar refractivity (Wildman–Crippen MR) is 118 cm³/mol. The quantitative estimate of drug-likeness (QED) is 0.481. The lowest BCUT2D eigenvalue weighted by atomic mass is 9.98. The highest BCUT2D eigenvalue weighted by atomic mass is 16.5. The van der Waals surface area contributed by atoms with Crippen LogP contribution >= 0.6 is 0 Å². The summed E-state index contributed by atoms with van der Waals surface area (Å²) in [5.74, 6) is -1.81. The van der Waals surface area contributed by atoms with Gasteiger partial charge in [-0.3, -0.25) is 4.79 Å². The van der Waals surface area contributed by atoms with Crippen LogP contribution in [-0.2, 0) is 16.1 Å². The van der Waals surface area contributed by atoms with Gasteiger partial charge >= 0.3 is 12.1 Å². The number of amides is 2. The van der Waals surface area contributed by atoms with Crippen LogP contribution in [0.25, 0.3) is 11.1 Å². The highest BCUT2D eigenvalue weighted by molar-refractivity contribution is 5.95. The lowest BCUT2D eigenvalue weighted by Gasteiger charge is -2.14. The molecule has 170 valence electrons. The molecule has 0 fully saturated rings. The number of alkyl carbamates (subject to hydrolysis) is 1. The van der Waals surface area contributed by atoms with Crippen LogP contribution in [0.5, 0.6) is 0 Å². The molecular formula is C24H23N3O6. The second-order valence-corrected chi connectivity index (χ2v) is 7.58. The van der Waals surface area contributed by atoms with E-state index in [1.807, 2.05) is 36.4 Å². The second kappa shape index (κ2) is 9.56. The molecule has 0 spiro atoms. The Labute approximate surface area is 189 Å². The molecule has 9 heteroatoms. The number of hydrogen-bond acceptors (Lipinski definition) is 6. The number of carboxylic acids is 1. The molecule has 0 unspecified atom stereocenters. The maximum atomic E-state index is 12.3. The summed E-state index contributed by atoms with van der Waals surface area (Å²) >= 11 is 0. The van der Waals surface area contributed by atoms with Crippen molar-refractivity contribution in [3.8, 4) is 11.1 Å². The number of carbonyl (C=O) groups excluding carboxylic acids is 2. The number of benzene rings is 2. The number of ether oxygens (including phenoxy) is 1.